The molecule has 0 aliphatic carbocycles. The van der Waals surface area contributed by atoms with Gasteiger partial charge < -0.3 is 10.3 Å². The number of rotatable bonds is 1. The van der Waals surface area contributed by atoms with E-state index in [2.05, 4.69) is 16.4 Å². The summed E-state index contributed by atoms with van der Waals surface area (Å²) in [6.07, 6.45) is 4.41. The van der Waals surface area contributed by atoms with Gasteiger partial charge in [0.15, 0.2) is 0 Å². The molecule has 2 N–H and O–H groups in total. The molecule has 1 atom stereocenters. The zero-order valence-corrected chi connectivity index (χ0v) is 8.36. The van der Waals surface area contributed by atoms with Gasteiger partial charge in [-0.05, 0) is 36.9 Å². The Hall–Kier alpha value is -0.670. The standard InChI is InChI=1S/C10H14N2S/c13-10-9(4-2-6-12-10)8-3-1-5-11-7-8/h2,4,6,8,11H,1,3,5,7H2,(H,12,13). The smallest absolute Gasteiger partial charge is 0.106 e. The Morgan fingerprint density at radius 1 is 1.46 bits per heavy atom. The van der Waals surface area contributed by atoms with Crippen LogP contribution in [0.4, 0.5) is 0 Å². The summed E-state index contributed by atoms with van der Waals surface area (Å²) >= 11 is 5.25. The maximum Gasteiger partial charge on any atom is 0.106 e. The van der Waals surface area contributed by atoms with Crippen LogP contribution in [0.2, 0.25) is 0 Å². The van der Waals surface area contributed by atoms with Crippen molar-refractivity contribution in [1.82, 2.24) is 10.3 Å². The summed E-state index contributed by atoms with van der Waals surface area (Å²) < 4.78 is 0.899. The molecule has 1 aromatic heterocycles. The fraction of sp³-hybridized carbons (Fsp3) is 0.500. The van der Waals surface area contributed by atoms with E-state index in [1.165, 1.54) is 18.4 Å². The van der Waals surface area contributed by atoms with E-state index in [0.717, 1.165) is 17.7 Å². The number of nitrogens with one attached hydrogen (secondary N) is 2. The molecule has 1 saturated heterocycles. The van der Waals surface area contributed by atoms with Gasteiger partial charge in [0.1, 0.15) is 4.64 Å². The third kappa shape index (κ3) is 1.98. The molecule has 1 aliphatic heterocycles. The van der Waals surface area contributed by atoms with Crippen molar-refractivity contribution in [1.29, 1.82) is 0 Å². The van der Waals surface area contributed by atoms with Crippen molar-refractivity contribution >= 4 is 12.2 Å². The van der Waals surface area contributed by atoms with Crippen molar-refractivity contribution < 1.29 is 0 Å². The molecular weight excluding hydrogens is 180 g/mol. The predicted octanol–water partition coefficient (Wildman–Crippen LogP) is 2.21. The fourth-order valence-electron chi connectivity index (χ4n) is 1.87. The van der Waals surface area contributed by atoms with Crippen LogP contribution in [0.25, 0.3) is 0 Å². The molecule has 0 spiro atoms. The van der Waals surface area contributed by atoms with Crippen molar-refractivity contribution in [3.05, 3.63) is 28.5 Å². The molecule has 2 nitrogen and oxygen atoms in total. The van der Waals surface area contributed by atoms with Crippen molar-refractivity contribution in [2.45, 2.75) is 18.8 Å². The highest BCUT2D eigenvalue weighted by molar-refractivity contribution is 7.71. The largest absolute Gasteiger partial charge is 0.353 e. The molecule has 1 aliphatic rings. The molecule has 70 valence electrons. The van der Waals surface area contributed by atoms with E-state index < -0.39 is 0 Å². The lowest BCUT2D eigenvalue weighted by Crippen LogP contribution is -2.28. The summed E-state index contributed by atoms with van der Waals surface area (Å²) in [4.78, 5) is 3.08. The minimum atomic E-state index is 0.610. The summed E-state index contributed by atoms with van der Waals surface area (Å²) in [7, 11) is 0. The second-order valence-electron chi connectivity index (χ2n) is 3.50. The van der Waals surface area contributed by atoms with Gasteiger partial charge in [0.2, 0.25) is 0 Å². The first kappa shape index (κ1) is 8.91. The van der Waals surface area contributed by atoms with Gasteiger partial charge in [-0.2, -0.15) is 0 Å². The van der Waals surface area contributed by atoms with Crippen LogP contribution < -0.4 is 5.32 Å². The van der Waals surface area contributed by atoms with E-state index in [-0.39, 0.29) is 0 Å². The summed E-state index contributed by atoms with van der Waals surface area (Å²) in [5.41, 5.74) is 1.30. The van der Waals surface area contributed by atoms with Gasteiger partial charge in [-0.1, -0.05) is 18.3 Å². The van der Waals surface area contributed by atoms with Gasteiger partial charge in [0.05, 0.1) is 0 Å². The molecule has 3 heteroatoms. The Balaban J connectivity index is 2.24. The van der Waals surface area contributed by atoms with Gasteiger partial charge in [0.25, 0.3) is 0 Å². The van der Waals surface area contributed by atoms with Crippen molar-refractivity contribution in [3.63, 3.8) is 0 Å². The molecule has 0 aromatic carbocycles. The number of aromatic amines is 1. The lowest BCUT2D eigenvalue weighted by atomic mass is 9.93. The van der Waals surface area contributed by atoms with Crippen LogP contribution in [0, 0.1) is 4.64 Å². The van der Waals surface area contributed by atoms with Crippen LogP contribution in [0.5, 0.6) is 0 Å². The van der Waals surface area contributed by atoms with E-state index in [0.29, 0.717) is 5.92 Å². The minimum Gasteiger partial charge on any atom is -0.353 e. The molecule has 1 unspecified atom stereocenters. The third-order valence-corrected chi connectivity index (χ3v) is 2.94. The Morgan fingerprint density at radius 3 is 3.08 bits per heavy atom. The molecule has 0 saturated carbocycles. The summed E-state index contributed by atoms with van der Waals surface area (Å²) in [6.45, 7) is 2.22. The zero-order valence-electron chi connectivity index (χ0n) is 7.55. The molecule has 0 bridgehead atoms. The summed E-state index contributed by atoms with van der Waals surface area (Å²) in [5.74, 6) is 0.610. The van der Waals surface area contributed by atoms with Gasteiger partial charge >= 0.3 is 0 Å². The van der Waals surface area contributed by atoms with Crippen LogP contribution >= 0.6 is 12.2 Å². The van der Waals surface area contributed by atoms with Gasteiger partial charge in [-0.3, -0.25) is 0 Å². The van der Waals surface area contributed by atoms with E-state index in [9.17, 15) is 0 Å². The minimum absolute atomic E-state index is 0.610. The molecule has 1 fully saturated rings. The van der Waals surface area contributed by atoms with Crippen molar-refractivity contribution in [2.24, 2.45) is 0 Å². The molecule has 2 heterocycles. The maximum absolute atomic E-state index is 5.25. The van der Waals surface area contributed by atoms with Crippen molar-refractivity contribution in [3.8, 4) is 0 Å². The quantitative estimate of drug-likeness (QED) is 0.671. The van der Waals surface area contributed by atoms with Crippen LogP contribution in [0.15, 0.2) is 18.3 Å². The molecular formula is C10H14N2S. The fourth-order valence-corrected chi connectivity index (χ4v) is 2.18. The first-order valence-electron chi connectivity index (χ1n) is 4.76. The van der Waals surface area contributed by atoms with E-state index >= 15 is 0 Å². The lowest BCUT2D eigenvalue weighted by molar-refractivity contribution is 0.460. The Kier molecular flexibility index (Phi) is 2.76. The topological polar surface area (TPSA) is 27.8 Å². The average molecular weight is 194 g/mol. The summed E-state index contributed by atoms with van der Waals surface area (Å²) in [5, 5.41) is 3.40. The van der Waals surface area contributed by atoms with Crippen LogP contribution in [0.1, 0.15) is 24.3 Å². The zero-order chi connectivity index (χ0) is 9.10. The number of pyridine rings is 1. The Morgan fingerprint density at radius 2 is 2.38 bits per heavy atom. The number of piperidine rings is 1. The highest BCUT2D eigenvalue weighted by atomic mass is 32.1. The lowest BCUT2D eigenvalue weighted by Gasteiger charge is -2.22. The molecule has 0 amide bonds. The van der Waals surface area contributed by atoms with Crippen LogP contribution in [0.3, 0.4) is 0 Å². The van der Waals surface area contributed by atoms with Gasteiger partial charge in [0, 0.05) is 12.7 Å². The molecule has 2 rings (SSSR count). The Labute approximate surface area is 83.4 Å². The van der Waals surface area contributed by atoms with E-state index in [1.807, 2.05) is 12.3 Å². The second kappa shape index (κ2) is 4.03. The van der Waals surface area contributed by atoms with E-state index in [1.54, 1.807) is 0 Å². The number of H-pyrrole nitrogens is 1. The normalized spacial score (nSPS) is 22.9. The first-order chi connectivity index (χ1) is 6.38. The highest BCUT2D eigenvalue weighted by Gasteiger charge is 2.15. The second-order valence-corrected chi connectivity index (χ2v) is 3.91. The number of hydrogen-bond acceptors (Lipinski definition) is 2. The summed E-state index contributed by atoms with van der Waals surface area (Å²) in [6, 6.07) is 4.16. The molecule has 0 radical (unpaired) electrons. The van der Waals surface area contributed by atoms with Gasteiger partial charge in [-0.15, -0.1) is 0 Å². The van der Waals surface area contributed by atoms with Crippen LogP contribution in [-0.2, 0) is 0 Å². The predicted molar refractivity (Wildman–Crippen MR) is 56.5 cm³/mol. The monoisotopic (exact) mass is 194 g/mol. The first-order valence-corrected chi connectivity index (χ1v) is 5.17. The molecule has 1 aromatic rings. The molecule has 13 heavy (non-hydrogen) atoms. The number of hydrogen-bond donors (Lipinski definition) is 2. The van der Waals surface area contributed by atoms with E-state index in [4.69, 9.17) is 12.2 Å². The van der Waals surface area contributed by atoms with Gasteiger partial charge in [-0.25, -0.2) is 0 Å². The average Bonchev–Trinajstić information content (AvgIpc) is 2.20. The number of aromatic nitrogens is 1. The Bertz CT molecular complexity index is 326. The highest BCUT2D eigenvalue weighted by Crippen LogP contribution is 2.22. The SMILES string of the molecule is S=c1[nH]cccc1C1CCCNC1. The van der Waals surface area contributed by atoms with Crippen molar-refractivity contribution in [2.75, 3.05) is 13.1 Å². The maximum atomic E-state index is 5.25. The van der Waals surface area contributed by atoms with Crippen LogP contribution in [-0.4, -0.2) is 18.1 Å². The third-order valence-electron chi connectivity index (χ3n) is 2.59.